The standard InChI is InChI=1S/C25H29BrFN3O5/c1-16-12-30(17(2)11-29(16)13-19-4-7-21(27)8-5-19)24(31)14-34-23-9-6-20(26)10-22(23)18(3)28-35-15-25(32)33/h4-10,16-17,28H,3,11-15H2,1-2H3,(H,32,33)/t16-,17+/m0/s1. The van der Waals surface area contributed by atoms with Gasteiger partial charge in [0.05, 0.1) is 5.70 Å². The number of amides is 1. The van der Waals surface area contributed by atoms with Crippen molar-refractivity contribution in [1.82, 2.24) is 15.3 Å². The molecule has 1 saturated heterocycles. The second kappa shape index (κ2) is 12.1. The SMILES string of the molecule is C=C(NOCC(=O)O)c1cc(Br)ccc1OCC(=O)N1C[C@H](C)N(Cc2ccc(F)cc2)C[C@H]1C. The third-order valence-corrected chi connectivity index (χ3v) is 6.24. The molecule has 2 N–H and O–H groups in total. The number of halogens is 2. The minimum Gasteiger partial charge on any atom is -0.483 e. The molecule has 0 spiro atoms. The first-order chi connectivity index (χ1) is 16.6. The number of hydrogen-bond acceptors (Lipinski definition) is 6. The molecule has 1 heterocycles. The quantitative estimate of drug-likeness (QED) is 0.437. The number of carboxylic acids is 1. The normalized spacial score (nSPS) is 18.2. The van der Waals surface area contributed by atoms with Crippen LogP contribution in [0.5, 0.6) is 5.75 Å². The number of carboxylic acid groups (broad SMARTS) is 1. The van der Waals surface area contributed by atoms with Crippen LogP contribution in [0.3, 0.4) is 0 Å². The topological polar surface area (TPSA) is 91.3 Å². The second-order valence-electron chi connectivity index (χ2n) is 8.49. The van der Waals surface area contributed by atoms with E-state index in [-0.39, 0.29) is 30.4 Å². The van der Waals surface area contributed by atoms with Gasteiger partial charge in [-0.25, -0.2) is 9.18 Å². The molecule has 2 aromatic rings. The van der Waals surface area contributed by atoms with Gasteiger partial charge in [0.15, 0.2) is 13.2 Å². The van der Waals surface area contributed by atoms with Gasteiger partial charge in [-0.05, 0) is 49.7 Å². The van der Waals surface area contributed by atoms with E-state index in [1.807, 2.05) is 11.8 Å². The number of carbonyl (C=O) groups is 2. The molecule has 2 atom stereocenters. The number of nitrogens with zero attached hydrogens (tertiary/aromatic N) is 2. The molecular weight excluding hydrogens is 521 g/mol. The van der Waals surface area contributed by atoms with Crippen LogP contribution in [0, 0.1) is 5.82 Å². The van der Waals surface area contributed by atoms with E-state index in [4.69, 9.17) is 14.7 Å². The molecule has 3 rings (SSSR count). The fourth-order valence-electron chi connectivity index (χ4n) is 3.92. The summed E-state index contributed by atoms with van der Waals surface area (Å²) in [5.74, 6) is -1.11. The highest BCUT2D eigenvalue weighted by Gasteiger charge is 2.32. The molecule has 1 aliphatic rings. The highest BCUT2D eigenvalue weighted by atomic mass is 79.9. The van der Waals surface area contributed by atoms with E-state index in [0.717, 1.165) is 10.0 Å². The minimum atomic E-state index is -1.12. The number of nitrogens with one attached hydrogen (secondary N) is 1. The number of aliphatic carboxylic acids is 1. The van der Waals surface area contributed by atoms with Gasteiger partial charge in [0.25, 0.3) is 5.91 Å². The summed E-state index contributed by atoms with van der Waals surface area (Å²) in [7, 11) is 0. The van der Waals surface area contributed by atoms with Crippen LogP contribution in [0.2, 0.25) is 0 Å². The fourth-order valence-corrected chi connectivity index (χ4v) is 4.28. The Bertz CT molecular complexity index is 1070. The first-order valence-electron chi connectivity index (χ1n) is 11.1. The van der Waals surface area contributed by atoms with Crippen molar-refractivity contribution in [2.45, 2.75) is 32.5 Å². The van der Waals surface area contributed by atoms with Gasteiger partial charge >= 0.3 is 5.97 Å². The van der Waals surface area contributed by atoms with Crippen molar-refractivity contribution in [3.8, 4) is 5.75 Å². The van der Waals surface area contributed by atoms with Gasteiger partial charge in [-0.15, -0.1) is 0 Å². The maximum absolute atomic E-state index is 13.2. The van der Waals surface area contributed by atoms with Gasteiger partial charge < -0.3 is 14.7 Å². The summed E-state index contributed by atoms with van der Waals surface area (Å²) in [5, 5.41) is 8.72. The predicted octanol–water partition coefficient (Wildman–Crippen LogP) is 3.66. The van der Waals surface area contributed by atoms with Crippen molar-refractivity contribution in [3.63, 3.8) is 0 Å². The maximum Gasteiger partial charge on any atom is 0.332 e. The molecule has 35 heavy (non-hydrogen) atoms. The van der Waals surface area contributed by atoms with Crippen LogP contribution in [0.15, 0.2) is 53.5 Å². The van der Waals surface area contributed by atoms with Crippen LogP contribution in [0.4, 0.5) is 4.39 Å². The predicted molar refractivity (Wildman–Crippen MR) is 133 cm³/mol. The average molecular weight is 550 g/mol. The van der Waals surface area contributed by atoms with Gasteiger partial charge in [-0.3, -0.25) is 20.0 Å². The molecule has 10 heteroatoms. The summed E-state index contributed by atoms with van der Waals surface area (Å²) in [4.78, 5) is 32.7. The fraction of sp³-hybridized carbons (Fsp3) is 0.360. The summed E-state index contributed by atoms with van der Waals surface area (Å²) in [6.45, 7) is 9.15. The number of hydrogen-bond donors (Lipinski definition) is 2. The van der Waals surface area contributed by atoms with Gasteiger partial charge in [0, 0.05) is 41.8 Å². The Morgan fingerprint density at radius 2 is 1.86 bits per heavy atom. The highest BCUT2D eigenvalue weighted by molar-refractivity contribution is 9.10. The molecule has 1 fully saturated rings. The average Bonchev–Trinajstić information content (AvgIpc) is 2.81. The second-order valence-corrected chi connectivity index (χ2v) is 9.41. The van der Waals surface area contributed by atoms with Crippen LogP contribution in [0.1, 0.15) is 25.0 Å². The molecule has 0 radical (unpaired) electrons. The van der Waals surface area contributed by atoms with Gasteiger partial charge in [-0.1, -0.05) is 34.6 Å². The molecule has 1 aliphatic heterocycles. The Kier molecular flexibility index (Phi) is 9.25. The molecular formula is C25H29BrFN3O5. The van der Waals surface area contributed by atoms with Gasteiger partial charge in [0.2, 0.25) is 0 Å². The summed E-state index contributed by atoms with van der Waals surface area (Å²) in [6, 6.07) is 11.8. The lowest BCUT2D eigenvalue weighted by molar-refractivity contribution is -0.144. The molecule has 0 aliphatic carbocycles. The van der Waals surface area contributed by atoms with Crippen LogP contribution in [0.25, 0.3) is 5.70 Å². The van der Waals surface area contributed by atoms with E-state index in [2.05, 4.69) is 39.8 Å². The summed E-state index contributed by atoms with van der Waals surface area (Å²) in [6.07, 6.45) is 0. The van der Waals surface area contributed by atoms with Crippen LogP contribution in [-0.4, -0.2) is 65.2 Å². The molecule has 8 nitrogen and oxygen atoms in total. The number of piperazine rings is 1. The zero-order chi connectivity index (χ0) is 25.5. The van der Waals surface area contributed by atoms with Gasteiger partial charge in [-0.2, -0.15) is 0 Å². The van der Waals surface area contributed by atoms with Crippen molar-refractivity contribution in [3.05, 3.63) is 70.5 Å². The van der Waals surface area contributed by atoms with Crippen molar-refractivity contribution in [1.29, 1.82) is 0 Å². The van der Waals surface area contributed by atoms with Crippen molar-refractivity contribution < 1.29 is 28.7 Å². The Hall–Kier alpha value is -2.95. The molecule has 0 bridgehead atoms. The highest BCUT2D eigenvalue weighted by Crippen LogP contribution is 2.28. The zero-order valence-electron chi connectivity index (χ0n) is 19.7. The summed E-state index contributed by atoms with van der Waals surface area (Å²) >= 11 is 3.39. The Balaban J connectivity index is 1.59. The van der Waals surface area contributed by atoms with E-state index in [1.54, 1.807) is 30.3 Å². The third-order valence-electron chi connectivity index (χ3n) is 5.74. The van der Waals surface area contributed by atoms with E-state index in [0.29, 0.717) is 36.6 Å². The molecule has 0 saturated carbocycles. The Labute approximate surface area is 212 Å². The van der Waals surface area contributed by atoms with E-state index >= 15 is 0 Å². The number of carbonyl (C=O) groups excluding carboxylic acids is 1. The Morgan fingerprint density at radius 3 is 2.54 bits per heavy atom. The molecule has 2 aromatic carbocycles. The number of hydroxylamine groups is 1. The molecule has 0 aromatic heterocycles. The van der Waals surface area contributed by atoms with Crippen molar-refractivity contribution >= 4 is 33.5 Å². The van der Waals surface area contributed by atoms with Crippen molar-refractivity contribution in [2.24, 2.45) is 0 Å². The largest absolute Gasteiger partial charge is 0.483 e. The lowest BCUT2D eigenvalue weighted by Crippen LogP contribution is -2.58. The zero-order valence-corrected chi connectivity index (χ0v) is 21.3. The molecule has 188 valence electrons. The van der Waals surface area contributed by atoms with Crippen LogP contribution >= 0.6 is 15.9 Å². The number of rotatable bonds is 10. The number of ether oxygens (including phenoxy) is 1. The van der Waals surface area contributed by atoms with Gasteiger partial charge in [0.1, 0.15) is 11.6 Å². The summed E-state index contributed by atoms with van der Waals surface area (Å²) < 4.78 is 19.8. The third kappa shape index (κ3) is 7.51. The lowest BCUT2D eigenvalue weighted by Gasteiger charge is -2.44. The smallest absolute Gasteiger partial charge is 0.332 e. The van der Waals surface area contributed by atoms with E-state index < -0.39 is 12.6 Å². The molecule has 1 amide bonds. The summed E-state index contributed by atoms with van der Waals surface area (Å²) in [5.41, 5.74) is 4.35. The monoisotopic (exact) mass is 549 g/mol. The number of benzene rings is 2. The van der Waals surface area contributed by atoms with Crippen LogP contribution in [-0.2, 0) is 21.0 Å². The first-order valence-corrected chi connectivity index (χ1v) is 11.9. The van der Waals surface area contributed by atoms with Crippen molar-refractivity contribution in [2.75, 3.05) is 26.3 Å². The minimum absolute atomic E-state index is 0.0202. The van der Waals surface area contributed by atoms with Crippen LogP contribution < -0.4 is 10.2 Å². The maximum atomic E-state index is 13.2. The van der Waals surface area contributed by atoms with E-state index in [1.165, 1.54) is 12.1 Å². The Morgan fingerprint density at radius 1 is 1.14 bits per heavy atom. The van der Waals surface area contributed by atoms with E-state index in [9.17, 15) is 14.0 Å². The molecule has 0 unspecified atom stereocenters. The lowest BCUT2D eigenvalue weighted by atomic mass is 10.1. The first kappa shape index (κ1) is 26.7.